The highest BCUT2D eigenvalue weighted by Gasteiger charge is 2.11. The Bertz CT molecular complexity index is 951. The molecule has 0 saturated heterocycles. The van der Waals surface area contributed by atoms with E-state index in [0.29, 0.717) is 11.3 Å². The lowest BCUT2D eigenvalue weighted by Gasteiger charge is -2.21. The van der Waals surface area contributed by atoms with Crippen LogP contribution in [0.5, 0.6) is 0 Å². The first-order chi connectivity index (χ1) is 14.0. The molecule has 0 fully saturated rings. The van der Waals surface area contributed by atoms with E-state index < -0.39 is 11.6 Å². The second-order valence-corrected chi connectivity index (χ2v) is 6.33. The third-order valence-corrected chi connectivity index (χ3v) is 4.50. The largest absolute Gasteiger partial charge is 0.372 e. The van der Waals surface area contributed by atoms with Gasteiger partial charge in [0.1, 0.15) is 23.1 Å². The first-order valence-corrected chi connectivity index (χ1v) is 9.35. The van der Waals surface area contributed by atoms with E-state index in [4.69, 9.17) is 0 Å². The lowest BCUT2D eigenvalue weighted by Crippen LogP contribution is -2.21. The van der Waals surface area contributed by atoms with E-state index in [1.54, 1.807) is 0 Å². The summed E-state index contributed by atoms with van der Waals surface area (Å²) in [7, 11) is 0. The molecule has 0 bridgehead atoms. The van der Waals surface area contributed by atoms with Gasteiger partial charge in [-0.1, -0.05) is 6.07 Å². The van der Waals surface area contributed by atoms with Crippen LogP contribution in [0.1, 0.15) is 24.2 Å². The zero-order valence-electron chi connectivity index (χ0n) is 16.2. The summed E-state index contributed by atoms with van der Waals surface area (Å²) < 4.78 is 27.4. The Balaban J connectivity index is 1.66. The van der Waals surface area contributed by atoms with Crippen molar-refractivity contribution in [2.75, 3.05) is 28.6 Å². The number of halogens is 2. The Morgan fingerprint density at radius 3 is 2.17 bits per heavy atom. The third kappa shape index (κ3) is 4.87. The molecule has 0 aliphatic carbocycles. The summed E-state index contributed by atoms with van der Waals surface area (Å²) >= 11 is 0. The number of anilines is 4. The van der Waals surface area contributed by atoms with E-state index in [0.717, 1.165) is 30.9 Å². The number of para-hydroxylation sites is 1. The summed E-state index contributed by atoms with van der Waals surface area (Å²) in [6.07, 6.45) is 1.35. The lowest BCUT2D eigenvalue weighted by molar-refractivity contribution is 0.102. The van der Waals surface area contributed by atoms with Gasteiger partial charge in [-0.05, 0) is 62.4 Å². The van der Waals surface area contributed by atoms with Crippen molar-refractivity contribution in [3.05, 3.63) is 78.0 Å². The number of aromatic nitrogens is 1. The van der Waals surface area contributed by atoms with Gasteiger partial charge in [0.25, 0.3) is 5.91 Å². The highest BCUT2D eigenvalue weighted by molar-refractivity contribution is 6.04. The van der Waals surface area contributed by atoms with Gasteiger partial charge in [0, 0.05) is 30.7 Å². The highest BCUT2D eigenvalue weighted by atomic mass is 19.1. The van der Waals surface area contributed by atoms with Crippen molar-refractivity contribution < 1.29 is 13.6 Å². The second kappa shape index (κ2) is 9.14. The lowest BCUT2D eigenvalue weighted by atomic mass is 10.2. The van der Waals surface area contributed by atoms with Crippen molar-refractivity contribution in [1.29, 1.82) is 0 Å². The van der Waals surface area contributed by atoms with E-state index in [1.165, 1.54) is 24.4 Å². The molecule has 7 heteroatoms. The maximum Gasteiger partial charge on any atom is 0.257 e. The van der Waals surface area contributed by atoms with Crippen LogP contribution in [-0.2, 0) is 0 Å². The molecule has 1 heterocycles. The van der Waals surface area contributed by atoms with Crippen LogP contribution in [0.2, 0.25) is 0 Å². The predicted octanol–water partition coefficient (Wildman–Crippen LogP) is 5.20. The zero-order valence-corrected chi connectivity index (χ0v) is 16.2. The van der Waals surface area contributed by atoms with E-state index >= 15 is 0 Å². The van der Waals surface area contributed by atoms with Gasteiger partial charge < -0.3 is 15.5 Å². The zero-order chi connectivity index (χ0) is 20.8. The molecular formula is C22H22F2N4O. The van der Waals surface area contributed by atoms with Crippen molar-refractivity contribution >= 4 is 28.8 Å². The number of benzene rings is 2. The Morgan fingerprint density at radius 2 is 1.62 bits per heavy atom. The standard InChI is InChI=1S/C22H22F2N4O/c1-3-28(4-2)17-11-9-16(10-12-17)26-22(29)15-8-13-20(25-14-15)27-21-18(23)6-5-7-19(21)24/h5-14H,3-4H2,1-2H3,(H,25,27)(H,26,29). The number of hydrogen-bond acceptors (Lipinski definition) is 4. The summed E-state index contributed by atoms with van der Waals surface area (Å²) in [6.45, 7) is 5.99. The number of rotatable bonds is 7. The number of hydrogen-bond donors (Lipinski definition) is 2. The van der Waals surface area contributed by atoms with Gasteiger partial charge >= 0.3 is 0 Å². The molecule has 5 nitrogen and oxygen atoms in total. The second-order valence-electron chi connectivity index (χ2n) is 6.33. The molecule has 0 spiro atoms. The van der Waals surface area contributed by atoms with Crippen LogP contribution < -0.4 is 15.5 Å². The molecular weight excluding hydrogens is 374 g/mol. The highest BCUT2D eigenvalue weighted by Crippen LogP contribution is 2.22. The fourth-order valence-electron chi connectivity index (χ4n) is 2.90. The minimum atomic E-state index is -0.721. The molecule has 2 N–H and O–H groups in total. The molecule has 0 unspecified atom stereocenters. The van der Waals surface area contributed by atoms with Gasteiger partial charge in [-0.2, -0.15) is 0 Å². The third-order valence-electron chi connectivity index (χ3n) is 4.50. The number of carbonyl (C=O) groups is 1. The number of pyridine rings is 1. The average Bonchev–Trinajstić information content (AvgIpc) is 2.73. The molecule has 1 aromatic heterocycles. The Labute approximate surface area is 168 Å². The fourth-order valence-corrected chi connectivity index (χ4v) is 2.90. The van der Waals surface area contributed by atoms with Gasteiger partial charge in [-0.3, -0.25) is 4.79 Å². The van der Waals surface area contributed by atoms with Crippen LogP contribution in [0.3, 0.4) is 0 Å². The predicted molar refractivity (Wildman–Crippen MR) is 112 cm³/mol. The molecule has 3 rings (SSSR count). The number of carbonyl (C=O) groups excluding carboxylic acids is 1. The number of amides is 1. The van der Waals surface area contributed by atoms with Gasteiger partial charge in [-0.15, -0.1) is 0 Å². The quantitative estimate of drug-likeness (QED) is 0.576. The van der Waals surface area contributed by atoms with Crippen LogP contribution in [0.4, 0.5) is 31.7 Å². The fraction of sp³-hybridized carbons (Fsp3) is 0.182. The Hall–Kier alpha value is -3.48. The SMILES string of the molecule is CCN(CC)c1ccc(NC(=O)c2ccc(Nc3c(F)cccc3F)nc2)cc1. The molecule has 3 aromatic rings. The maximum atomic E-state index is 13.7. The molecule has 0 aliphatic heterocycles. The summed E-state index contributed by atoms with van der Waals surface area (Å²) in [6, 6.07) is 14.2. The van der Waals surface area contributed by atoms with Crippen molar-refractivity contribution in [2.45, 2.75) is 13.8 Å². The Kier molecular flexibility index (Phi) is 6.39. The normalized spacial score (nSPS) is 10.5. The molecule has 2 aromatic carbocycles. The molecule has 0 aliphatic rings. The number of nitrogens with one attached hydrogen (secondary N) is 2. The van der Waals surface area contributed by atoms with Crippen molar-refractivity contribution in [3.8, 4) is 0 Å². The van der Waals surface area contributed by atoms with Crippen LogP contribution in [0.25, 0.3) is 0 Å². The van der Waals surface area contributed by atoms with Gasteiger partial charge in [0.15, 0.2) is 0 Å². The van der Waals surface area contributed by atoms with E-state index in [1.807, 2.05) is 24.3 Å². The van der Waals surface area contributed by atoms with E-state index in [-0.39, 0.29) is 17.4 Å². The summed E-state index contributed by atoms with van der Waals surface area (Å²) in [5.41, 5.74) is 1.80. The topological polar surface area (TPSA) is 57.3 Å². The number of nitrogens with zero attached hydrogens (tertiary/aromatic N) is 2. The van der Waals surface area contributed by atoms with Gasteiger partial charge in [0.2, 0.25) is 0 Å². The molecule has 0 atom stereocenters. The summed E-state index contributed by atoms with van der Waals surface area (Å²) in [5, 5.41) is 5.40. The summed E-state index contributed by atoms with van der Waals surface area (Å²) in [5.74, 6) is -1.53. The molecule has 0 radical (unpaired) electrons. The van der Waals surface area contributed by atoms with Gasteiger partial charge in [-0.25, -0.2) is 13.8 Å². The molecule has 29 heavy (non-hydrogen) atoms. The van der Waals surface area contributed by atoms with E-state index in [9.17, 15) is 13.6 Å². The van der Waals surface area contributed by atoms with Gasteiger partial charge in [0.05, 0.1) is 5.56 Å². The summed E-state index contributed by atoms with van der Waals surface area (Å²) in [4.78, 5) is 18.7. The minimum Gasteiger partial charge on any atom is -0.372 e. The first kappa shape index (κ1) is 20.3. The van der Waals surface area contributed by atoms with Crippen molar-refractivity contribution in [3.63, 3.8) is 0 Å². The van der Waals surface area contributed by atoms with Crippen LogP contribution in [0, 0.1) is 11.6 Å². The molecule has 1 amide bonds. The molecule has 0 saturated carbocycles. The van der Waals surface area contributed by atoms with Crippen molar-refractivity contribution in [1.82, 2.24) is 4.98 Å². The minimum absolute atomic E-state index is 0.231. The van der Waals surface area contributed by atoms with Crippen LogP contribution in [-0.4, -0.2) is 24.0 Å². The van der Waals surface area contributed by atoms with Crippen LogP contribution in [0.15, 0.2) is 60.8 Å². The average molecular weight is 396 g/mol. The molecule has 150 valence electrons. The van der Waals surface area contributed by atoms with Crippen LogP contribution >= 0.6 is 0 Å². The van der Waals surface area contributed by atoms with E-state index in [2.05, 4.69) is 34.4 Å². The first-order valence-electron chi connectivity index (χ1n) is 9.35. The monoisotopic (exact) mass is 396 g/mol. The maximum absolute atomic E-state index is 13.7. The Morgan fingerprint density at radius 1 is 0.966 bits per heavy atom. The van der Waals surface area contributed by atoms with Crippen molar-refractivity contribution in [2.24, 2.45) is 0 Å². The smallest absolute Gasteiger partial charge is 0.257 e.